The third-order valence-electron chi connectivity index (χ3n) is 5.17. The second kappa shape index (κ2) is 8.21. The maximum atomic E-state index is 12.3. The molecule has 1 atom stereocenters. The van der Waals surface area contributed by atoms with Crippen LogP contribution in [-0.4, -0.2) is 41.0 Å². The molecule has 1 aliphatic heterocycles. The molecule has 1 unspecified atom stereocenters. The van der Waals surface area contributed by atoms with Gasteiger partial charge in [-0.25, -0.2) is 4.79 Å². The first kappa shape index (κ1) is 18.2. The molecule has 3 N–H and O–H groups in total. The Hall–Kier alpha value is -2.57. The van der Waals surface area contributed by atoms with Gasteiger partial charge in [-0.15, -0.1) is 0 Å². The molecule has 2 fully saturated rings. The number of hydrogen-bond acceptors (Lipinski definition) is 3. The van der Waals surface area contributed by atoms with Gasteiger partial charge < -0.3 is 20.6 Å². The highest BCUT2D eigenvalue weighted by atomic mass is 16.4. The number of amides is 3. The molecule has 26 heavy (non-hydrogen) atoms. The summed E-state index contributed by atoms with van der Waals surface area (Å²) >= 11 is 0. The monoisotopic (exact) mass is 359 g/mol. The summed E-state index contributed by atoms with van der Waals surface area (Å²) < 4.78 is 0. The van der Waals surface area contributed by atoms with Crippen molar-refractivity contribution in [2.24, 2.45) is 11.8 Å². The van der Waals surface area contributed by atoms with Crippen molar-refractivity contribution in [2.45, 2.75) is 38.6 Å². The van der Waals surface area contributed by atoms with E-state index in [0.717, 1.165) is 30.5 Å². The van der Waals surface area contributed by atoms with Gasteiger partial charge in [0.2, 0.25) is 5.91 Å². The van der Waals surface area contributed by atoms with E-state index in [1.54, 1.807) is 4.90 Å². The van der Waals surface area contributed by atoms with E-state index in [1.165, 1.54) is 0 Å². The van der Waals surface area contributed by atoms with Crippen molar-refractivity contribution in [3.63, 3.8) is 0 Å². The van der Waals surface area contributed by atoms with Crippen LogP contribution in [0, 0.1) is 11.8 Å². The number of carbonyl (C=O) groups is 3. The molecule has 140 valence electrons. The highest BCUT2D eigenvalue weighted by Crippen LogP contribution is 2.27. The topological polar surface area (TPSA) is 98.7 Å². The molecule has 3 rings (SSSR count). The normalized spacial score (nSPS) is 20.2. The number of rotatable bonds is 5. The molecule has 7 heteroatoms. The predicted octanol–water partition coefficient (Wildman–Crippen LogP) is 2.43. The quantitative estimate of drug-likeness (QED) is 0.752. The van der Waals surface area contributed by atoms with Crippen molar-refractivity contribution >= 4 is 23.6 Å². The zero-order valence-corrected chi connectivity index (χ0v) is 14.7. The molecule has 0 aromatic heterocycles. The van der Waals surface area contributed by atoms with Crippen molar-refractivity contribution < 1.29 is 19.5 Å². The smallest absolute Gasteiger partial charge is 0.317 e. The lowest BCUT2D eigenvalue weighted by molar-refractivity contribution is -0.143. The third kappa shape index (κ3) is 4.53. The van der Waals surface area contributed by atoms with Crippen molar-refractivity contribution in [2.75, 3.05) is 18.4 Å². The molecule has 1 saturated heterocycles. The zero-order chi connectivity index (χ0) is 18.5. The van der Waals surface area contributed by atoms with E-state index < -0.39 is 11.9 Å². The minimum atomic E-state index is -0.850. The minimum absolute atomic E-state index is 0.0606. The van der Waals surface area contributed by atoms with Crippen molar-refractivity contribution in [3.8, 4) is 0 Å². The molecule has 3 amide bonds. The van der Waals surface area contributed by atoms with Gasteiger partial charge in [-0.1, -0.05) is 18.6 Å². The van der Waals surface area contributed by atoms with Gasteiger partial charge in [0.15, 0.2) is 0 Å². The number of nitrogens with zero attached hydrogens (tertiary/aromatic N) is 1. The minimum Gasteiger partial charge on any atom is -0.481 e. The molecule has 1 saturated carbocycles. The average Bonchev–Trinajstić information content (AvgIpc) is 2.58. The van der Waals surface area contributed by atoms with Crippen LogP contribution in [0.4, 0.5) is 10.5 Å². The Labute approximate surface area is 152 Å². The molecule has 1 aromatic carbocycles. The lowest BCUT2D eigenvalue weighted by Gasteiger charge is -2.30. The van der Waals surface area contributed by atoms with E-state index in [4.69, 9.17) is 5.11 Å². The number of likely N-dealkylation sites (tertiary alicyclic amines) is 1. The van der Waals surface area contributed by atoms with Crippen LogP contribution in [-0.2, 0) is 16.1 Å². The summed E-state index contributed by atoms with van der Waals surface area (Å²) in [4.78, 5) is 37.0. The van der Waals surface area contributed by atoms with Crippen LogP contribution in [0.15, 0.2) is 24.3 Å². The summed E-state index contributed by atoms with van der Waals surface area (Å²) in [5.41, 5.74) is 1.62. The van der Waals surface area contributed by atoms with E-state index in [1.807, 2.05) is 24.3 Å². The number of carboxylic acid groups (broad SMARTS) is 1. The molecule has 0 bridgehead atoms. The lowest BCUT2D eigenvalue weighted by Crippen LogP contribution is -2.46. The summed E-state index contributed by atoms with van der Waals surface area (Å²) in [7, 11) is 0. The van der Waals surface area contributed by atoms with Gasteiger partial charge in [0.05, 0.1) is 5.92 Å². The summed E-state index contributed by atoms with van der Waals surface area (Å²) in [6.45, 7) is 1.16. The molecular formula is C19H25N3O4. The van der Waals surface area contributed by atoms with Gasteiger partial charge in [-0.05, 0) is 43.4 Å². The van der Waals surface area contributed by atoms with E-state index in [-0.39, 0.29) is 24.4 Å². The predicted molar refractivity (Wildman–Crippen MR) is 96.6 cm³/mol. The Morgan fingerprint density at radius 2 is 1.88 bits per heavy atom. The van der Waals surface area contributed by atoms with E-state index >= 15 is 0 Å². The highest BCUT2D eigenvalue weighted by Gasteiger charge is 2.28. The average molecular weight is 359 g/mol. The number of anilines is 1. The molecule has 1 heterocycles. The molecule has 0 radical (unpaired) electrons. The van der Waals surface area contributed by atoms with E-state index in [9.17, 15) is 14.4 Å². The first-order valence-corrected chi connectivity index (χ1v) is 9.18. The first-order valence-electron chi connectivity index (χ1n) is 9.18. The summed E-state index contributed by atoms with van der Waals surface area (Å²) in [5, 5.41) is 14.9. The number of piperidine rings is 1. The number of hydrogen-bond donors (Lipinski definition) is 3. The number of nitrogens with one attached hydrogen (secondary N) is 2. The number of carboxylic acids is 1. The second-order valence-corrected chi connectivity index (χ2v) is 7.10. The van der Waals surface area contributed by atoms with E-state index in [0.29, 0.717) is 25.9 Å². The fourth-order valence-electron chi connectivity index (χ4n) is 3.33. The van der Waals surface area contributed by atoms with Crippen molar-refractivity contribution in [1.29, 1.82) is 0 Å². The van der Waals surface area contributed by atoms with Gasteiger partial charge >= 0.3 is 12.0 Å². The Kier molecular flexibility index (Phi) is 5.75. The lowest BCUT2D eigenvalue weighted by atomic mass is 9.85. The van der Waals surface area contributed by atoms with Crippen LogP contribution in [0.3, 0.4) is 0 Å². The molecule has 1 aliphatic carbocycles. The number of carbonyl (C=O) groups excluding carboxylic acids is 2. The second-order valence-electron chi connectivity index (χ2n) is 7.10. The Bertz CT molecular complexity index is 687. The van der Waals surface area contributed by atoms with Gasteiger partial charge in [0.1, 0.15) is 0 Å². The Balaban J connectivity index is 1.51. The van der Waals surface area contributed by atoms with Crippen LogP contribution in [0.5, 0.6) is 0 Å². The third-order valence-corrected chi connectivity index (χ3v) is 5.17. The van der Waals surface area contributed by atoms with Crippen molar-refractivity contribution in [3.05, 3.63) is 29.8 Å². The first-order chi connectivity index (χ1) is 12.5. The standard InChI is InChI=1S/C19H25N3O4/c23-17(14-5-2-6-14)21-16-8-1-4-13(10-16)11-20-19(26)22-9-3-7-15(12-22)18(24)25/h1,4,8,10,14-15H,2-3,5-7,9,11-12H2,(H,20,26)(H,21,23)(H,24,25). The Morgan fingerprint density at radius 1 is 1.12 bits per heavy atom. The molecule has 2 aliphatic rings. The fraction of sp³-hybridized carbons (Fsp3) is 0.526. The van der Waals surface area contributed by atoms with Crippen LogP contribution in [0.2, 0.25) is 0 Å². The van der Waals surface area contributed by atoms with Crippen LogP contribution >= 0.6 is 0 Å². The van der Waals surface area contributed by atoms with E-state index in [2.05, 4.69) is 10.6 Å². The molecule has 0 spiro atoms. The summed E-state index contributed by atoms with van der Waals surface area (Å²) in [6, 6.07) is 7.17. The van der Waals surface area contributed by atoms with Crippen LogP contribution in [0.1, 0.15) is 37.7 Å². The molecule has 1 aromatic rings. The summed E-state index contributed by atoms with van der Waals surface area (Å²) in [6.07, 6.45) is 4.34. The van der Waals surface area contributed by atoms with Gasteiger partial charge in [0.25, 0.3) is 0 Å². The maximum absolute atomic E-state index is 12.3. The van der Waals surface area contributed by atoms with Gasteiger partial charge in [0, 0.05) is 31.2 Å². The molecular weight excluding hydrogens is 334 g/mol. The zero-order valence-electron chi connectivity index (χ0n) is 14.7. The number of urea groups is 1. The largest absolute Gasteiger partial charge is 0.481 e. The molecule has 7 nitrogen and oxygen atoms in total. The maximum Gasteiger partial charge on any atom is 0.317 e. The fourth-order valence-corrected chi connectivity index (χ4v) is 3.33. The number of aliphatic carboxylic acids is 1. The van der Waals surface area contributed by atoms with Crippen molar-refractivity contribution in [1.82, 2.24) is 10.2 Å². The SMILES string of the molecule is O=C(O)C1CCCN(C(=O)NCc2cccc(NC(=O)C3CCC3)c2)C1. The van der Waals surface area contributed by atoms with Crippen LogP contribution in [0.25, 0.3) is 0 Å². The van der Waals surface area contributed by atoms with Gasteiger partial charge in [-0.2, -0.15) is 0 Å². The highest BCUT2D eigenvalue weighted by molar-refractivity contribution is 5.93. The van der Waals surface area contributed by atoms with Gasteiger partial charge in [-0.3, -0.25) is 9.59 Å². The number of benzene rings is 1. The van der Waals surface area contributed by atoms with Crippen LogP contribution < -0.4 is 10.6 Å². The summed E-state index contributed by atoms with van der Waals surface area (Å²) in [5.74, 6) is -1.15. The Morgan fingerprint density at radius 3 is 2.58 bits per heavy atom.